The first-order valence-corrected chi connectivity index (χ1v) is 14.5. The molecule has 2 aliphatic heterocycles. The highest BCUT2D eigenvalue weighted by Crippen LogP contribution is 2.38. The lowest BCUT2D eigenvalue weighted by Crippen LogP contribution is -2.55. The topological polar surface area (TPSA) is 82.9 Å². The minimum Gasteiger partial charge on any atom is -0.478 e. The molecule has 1 atom stereocenters. The van der Waals surface area contributed by atoms with Crippen molar-refractivity contribution < 1.29 is 19.5 Å². The number of carbonyl (C=O) groups is 3. The Morgan fingerprint density at radius 1 is 1.05 bits per heavy atom. The quantitative estimate of drug-likeness (QED) is 0.375. The normalized spacial score (nSPS) is 17.3. The molecule has 0 spiro atoms. The Kier molecular flexibility index (Phi) is 8.29. The summed E-state index contributed by atoms with van der Waals surface area (Å²) in [6.07, 6.45) is 9.45. The fraction of sp³-hybridized carbons (Fsp3) is 0.286. The second-order valence-electron chi connectivity index (χ2n) is 10.9. The number of carboxylic acid groups (broad SMARTS) is 1. The maximum absolute atomic E-state index is 14.2. The number of allylic oxidation sites excluding steroid dienone is 6. The van der Waals surface area contributed by atoms with E-state index >= 15 is 0 Å². The van der Waals surface area contributed by atoms with Crippen LogP contribution in [0, 0.1) is 0 Å². The van der Waals surface area contributed by atoms with Crippen LogP contribution in [-0.4, -0.2) is 62.9 Å². The summed E-state index contributed by atoms with van der Waals surface area (Å²) >= 11 is 0. The molecule has 0 radical (unpaired) electrons. The number of hydrogen-bond acceptors (Lipinski definition) is 3. The highest BCUT2D eigenvalue weighted by atomic mass is 16.4. The van der Waals surface area contributed by atoms with E-state index in [9.17, 15) is 19.5 Å². The van der Waals surface area contributed by atoms with Crippen molar-refractivity contribution in [3.05, 3.63) is 113 Å². The first kappa shape index (κ1) is 28.9. The second kappa shape index (κ2) is 12.1. The van der Waals surface area contributed by atoms with Crippen LogP contribution in [0.25, 0.3) is 16.5 Å². The number of fused-ring (bicyclic) bond motifs is 3. The van der Waals surface area contributed by atoms with E-state index in [1.807, 2.05) is 84.3 Å². The highest BCUT2D eigenvalue weighted by Gasteiger charge is 2.33. The minimum absolute atomic E-state index is 0.0294. The molecule has 2 aromatic carbocycles. The molecule has 42 heavy (non-hydrogen) atoms. The van der Waals surface area contributed by atoms with E-state index in [2.05, 4.69) is 18.1 Å². The molecule has 1 fully saturated rings. The van der Waals surface area contributed by atoms with Crippen molar-refractivity contribution in [1.82, 2.24) is 14.4 Å². The Morgan fingerprint density at radius 2 is 1.81 bits per heavy atom. The van der Waals surface area contributed by atoms with E-state index in [1.54, 1.807) is 12.1 Å². The number of nitrogens with zero attached hydrogens (tertiary/aromatic N) is 3. The first-order chi connectivity index (χ1) is 20.3. The van der Waals surface area contributed by atoms with Crippen LogP contribution >= 0.6 is 0 Å². The van der Waals surface area contributed by atoms with Gasteiger partial charge in [0, 0.05) is 53.3 Å². The number of benzene rings is 2. The van der Waals surface area contributed by atoms with Gasteiger partial charge in [-0.3, -0.25) is 9.59 Å². The number of rotatable bonds is 7. The summed E-state index contributed by atoms with van der Waals surface area (Å²) in [5.74, 6) is -1.10. The van der Waals surface area contributed by atoms with Crippen LogP contribution < -0.4 is 0 Å². The van der Waals surface area contributed by atoms with Crippen LogP contribution in [0.2, 0.25) is 0 Å². The zero-order valence-electron chi connectivity index (χ0n) is 24.5. The van der Waals surface area contributed by atoms with Crippen molar-refractivity contribution in [2.75, 3.05) is 19.6 Å². The molecule has 2 amide bonds. The van der Waals surface area contributed by atoms with Crippen molar-refractivity contribution in [3.63, 3.8) is 0 Å². The molecule has 5 rings (SSSR count). The zero-order chi connectivity index (χ0) is 30.0. The number of hydrogen-bond donors (Lipinski definition) is 1. The fourth-order valence-corrected chi connectivity index (χ4v) is 6.20. The third kappa shape index (κ3) is 5.22. The molecule has 2 aliphatic rings. The monoisotopic (exact) mass is 563 g/mol. The van der Waals surface area contributed by atoms with E-state index in [1.165, 1.54) is 0 Å². The Morgan fingerprint density at radius 3 is 2.45 bits per heavy atom. The number of amides is 2. The van der Waals surface area contributed by atoms with Crippen molar-refractivity contribution in [3.8, 4) is 0 Å². The Hall–Kier alpha value is -4.65. The van der Waals surface area contributed by atoms with Gasteiger partial charge in [-0.1, -0.05) is 62.4 Å². The van der Waals surface area contributed by atoms with Crippen LogP contribution in [0.5, 0.6) is 0 Å². The smallest absolute Gasteiger partial charge is 0.335 e. The SMILES string of the molecule is C=CC1=C(/C=C\C)C=C(C(=O)N2CCN(C(=O)c3ccccc3)C[C@H]2C)Cn2c1c(CCC)c1ccc(C(=O)O)cc12. The van der Waals surface area contributed by atoms with Crippen molar-refractivity contribution in [2.45, 2.75) is 46.2 Å². The van der Waals surface area contributed by atoms with Crippen molar-refractivity contribution in [2.24, 2.45) is 0 Å². The Labute approximate surface area is 246 Å². The summed E-state index contributed by atoms with van der Waals surface area (Å²) in [6, 6.07) is 14.3. The zero-order valence-corrected chi connectivity index (χ0v) is 24.5. The summed E-state index contributed by atoms with van der Waals surface area (Å²) in [7, 11) is 0. The molecule has 7 nitrogen and oxygen atoms in total. The Bertz CT molecular complexity index is 1660. The molecular weight excluding hydrogens is 526 g/mol. The number of aromatic carboxylic acids is 1. The number of carboxylic acids is 1. The number of aromatic nitrogens is 1. The third-order valence-corrected chi connectivity index (χ3v) is 8.16. The molecule has 1 N–H and O–H groups in total. The summed E-state index contributed by atoms with van der Waals surface area (Å²) in [6.45, 7) is 11.8. The van der Waals surface area contributed by atoms with E-state index in [0.29, 0.717) is 37.3 Å². The fourth-order valence-electron chi connectivity index (χ4n) is 6.20. The predicted octanol–water partition coefficient (Wildman–Crippen LogP) is 6.12. The number of piperazine rings is 1. The molecule has 3 heterocycles. The molecular formula is C35H37N3O4. The average Bonchev–Trinajstić information content (AvgIpc) is 3.18. The predicted molar refractivity (Wildman–Crippen MR) is 166 cm³/mol. The summed E-state index contributed by atoms with van der Waals surface area (Å²) < 4.78 is 2.09. The van der Waals surface area contributed by atoms with Gasteiger partial charge in [-0.05, 0) is 61.7 Å². The largest absolute Gasteiger partial charge is 0.478 e. The van der Waals surface area contributed by atoms with Gasteiger partial charge >= 0.3 is 5.97 Å². The molecule has 0 unspecified atom stereocenters. The van der Waals surface area contributed by atoms with E-state index < -0.39 is 5.97 Å². The molecule has 0 aliphatic carbocycles. The van der Waals surface area contributed by atoms with Crippen LogP contribution in [0.15, 0.2) is 90.6 Å². The minimum atomic E-state index is -0.990. The summed E-state index contributed by atoms with van der Waals surface area (Å²) in [5.41, 5.74) is 6.16. The van der Waals surface area contributed by atoms with Crippen LogP contribution in [0.1, 0.15) is 59.2 Å². The van der Waals surface area contributed by atoms with E-state index in [4.69, 9.17) is 0 Å². The van der Waals surface area contributed by atoms with Gasteiger partial charge in [0.15, 0.2) is 0 Å². The van der Waals surface area contributed by atoms with Gasteiger partial charge in [-0.2, -0.15) is 0 Å². The van der Waals surface area contributed by atoms with E-state index in [-0.39, 0.29) is 23.4 Å². The van der Waals surface area contributed by atoms with Crippen molar-refractivity contribution in [1.29, 1.82) is 0 Å². The maximum Gasteiger partial charge on any atom is 0.335 e. The number of carbonyl (C=O) groups excluding carboxylic acids is 2. The molecule has 7 heteroatoms. The molecule has 0 saturated carbocycles. The lowest BCUT2D eigenvalue weighted by Gasteiger charge is -2.40. The number of aryl methyl sites for hydroxylation is 1. The van der Waals surface area contributed by atoms with Gasteiger partial charge in [-0.25, -0.2) is 4.79 Å². The summed E-state index contributed by atoms with van der Waals surface area (Å²) in [5, 5.41) is 10.7. The van der Waals surface area contributed by atoms with Gasteiger partial charge in [0.1, 0.15) is 0 Å². The van der Waals surface area contributed by atoms with Gasteiger partial charge in [-0.15, -0.1) is 0 Å². The maximum atomic E-state index is 14.2. The van der Waals surface area contributed by atoms with Crippen LogP contribution in [0.4, 0.5) is 0 Å². The molecule has 0 bridgehead atoms. The second-order valence-corrected chi connectivity index (χ2v) is 10.9. The van der Waals surface area contributed by atoms with Gasteiger partial charge in [0.2, 0.25) is 0 Å². The third-order valence-electron chi connectivity index (χ3n) is 8.16. The first-order valence-electron chi connectivity index (χ1n) is 14.5. The summed E-state index contributed by atoms with van der Waals surface area (Å²) in [4.78, 5) is 42.9. The average molecular weight is 564 g/mol. The van der Waals surface area contributed by atoms with Gasteiger partial charge in [0.25, 0.3) is 11.8 Å². The van der Waals surface area contributed by atoms with E-state index in [0.717, 1.165) is 46.1 Å². The lowest BCUT2D eigenvalue weighted by molar-refractivity contribution is -0.131. The van der Waals surface area contributed by atoms with Gasteiger partial charge in [0.05, 0.1) is 17.8 Å². The van der Waals surface area contributed by atoms with Crippen LogP contribution in [-0.2, 0) is 17.8 Å². The molecule has 1 aromatic heterocycles. The Balaban J connectivity index is 1.55. The standard InChI is InChI=1S/C35H37N3O4/c1-5-11-25-19-27(34(40)37-18-17-36(21-23(37)4)33(39)24-13-9-8-10-14-24)22-38-31-20-26(35(41)42)15-16-29(31)30(12-6-2)32(38)28(25)7-3/h5,7-11,13-16,19-20,23H,3,6,12,17-18,21-22H2,1-2,4H3,(H,41,42)/b11-5-/t23-/m1/s1. The molecule has 3 aromatic rings. The van der Waals surface area contributed by atoms with Gasteiger partial charge < -0.3 is 19.5 Å². The lowest BCUT2D eigenvalue weighted by atomic mass is 9.96. The van der Waals surface area contributed by atoms with Crippen molar-refractivity contribution >= 4 is 34.3 Å². The highest BCUT2D eigenvalue weighted by molar-refractivity contribution is 6.01. The van der Waals surface area contributed by atoms with Crippen LogP contribution in [0.3, 0.4) is 0 Å². The molecule has 216 valence electrons. The molecule has 1 saturated heterocycles.